The van der Waals surface area contributed by atoms with Crippen molar-refractivity contribution in [2.24, 2.45) is 0 Å². The van der Waals surface area contributed by atoms with Crippen molar-refractivity contribution in [1.29, 1.82) is 0 Å². The van der Waals surface area contributed by atoms with Gasteiger partial charge in [0.2, 0.25) is 0 Å². The molecule has 1 aliphatic rings. The number of aromatic nitrogens is 1. The molecule has 0 spiro atoms. The van der Waals surface area contributed by atoms with Gasteiger partial charge in [-0.25, -0.2) is 0 Å². The largest absolute Gasteiger partial charge is 0.380 e. The molecule has 1 aromatic heterocycles. The molecule has 1 aromatic carbocycles. The second-order valence-corrected chi connectivity index (χ2v) is 4.66. The first kappa shape index (κ1) is 13.1. The molecule has 0 bridgehead atoms. The zero-order valence-corrected chi connectivity index (χ0v) is 11.3. The molecule has 2 heterocycles. The van der Waals surface area contributed by atoms with Crippen LogP contribution in [0.25, 0.3) is 10.9 Å². The smallest absolute Gasteiger partial charge is 0.0722 e. The van der Waals surface area contributed by atoms with E-state index in [-0.39, 0.29) is 12.4 Å². The zero-order chi connectivity index (χ0) is 11.7. The maximum absolute atomic E-state index is 4.40. The number of nitrogens with zero attached hydrogens (tertiary/aromatic N) is 1. The lowest BCUT2D eigenvalue weighted by Gasteiger charge is -2.17. The van der Waals surface area contributed by atoms with Crippen molar-refractivity contribution in [2.45, 2.75) is 19.4 Å². The quantitative estimate of drug-likeness (QED) is 0.875. The standard InChI is InChI=1S/C14H17N3.ClH/c1-10-4-5-13-12(3-2-7-16-13)14(10)17-11-6-8-15-9-11;/h2-5,7,11,15,17H,6,8-9H2,1H3;1H/t11-;/m1./s1. The molecule has 3 rings (SSSR count). The Morgan fingerprint density at radius 2 is 2.22 bits per heavy atom. The molecule has 4 heteroatoms. The molecule has 1 saturated heterocycles. The normalized spacial score (nSPS) is 18.6. The highest BCUT2D eigenvalue weighted by Crippen LogP contribution is 2.27. The Morgan fingerprint density at radius 3 is 3.00 bits per heavy atom. The molecule has 0 radical (unpaired) electrons. The number of halogens is 1. The van der Waals surface area contributed by atoms with Gasteiger partial charge in [-0.3, -0.25) is 4.98 Å². The third-order valence-electron chi connectivity index (χ3n) is 3.40. The van der Waals surface area contributed by atoms with E-state index < -0.39 is 0 Å². The van der Waals surface area contributed by atoms with Gasteiger partial charge in [-0.2, -0.15) is 0 Å². The van der Waals surface area contributed by atoms with Gasteiger partial charge in [0.05, 0.1) is 5.52 Å². The first-order valence-electron chi connectivity index (χ1n) is 6.16. The van der Waals surface area contributed by atoms with E-state index in [1.54, 1.807) is 0 Å². The topological polar surface area (TPSA) is 37.0 Å². The SMILES string of the molecule is Cc1ccc2ncccc2c1N[C@@H]1CCNC1.Cl. The summed E-state index contributed by atoms with van der Waals surface area (Å²) in [6.07, 6.45) is 3.04. The third kappa shape index (κ3) is 2.42. The maximum atomic E-state index is 4.40. The van der Waals surface area contributed by atoms with Crippen LogP contribution in [0.4, 0.5) is 5.69 Å². The van der Waals surface area contributed by atoms with Crippen LogP contribution in [0.2, 0.25) is 0 Å². The highest BCUT2D eigenvalue weighted by Gasteiger charge is 2.16. The van der Waals surface area contributed by atoms with Gasteiger partial charge in [0.25, 0.3) is 0 Å². The van der Waals surface area contributed by atoms with Crippen LogP contribution < -0.4 is 10.6 Å². The van der Waals surface area contributed by atoms with E-state index in [9.17, 15) is 0 Å². The Labute approximate surface area is 113 Å². The lowest BCUT2D eigenvalue weighted by Crippen LogP contribution is -2.22. The molecular weight excluding hydrogens is 246 g/mol. The van der Waals surface area contributed by atoms with E-state index in [0.717, 1.165) is 18.6 Å². The molecule has 0 aliphatic carbocycles. The van der Waals surface area contributed by atoms with Crippen molar-refractivity contribution in [3.63, 3.8) is 0 Å². The molecule has 0 unspecified atom stereocenters. The van der Waals surface area contributed by atoms with Crippen molar-refractivity contribution < 1.29 is 0 Å². The monoisotopic (exact) mass is 263 g/mol. The minimum Gasteiger partial charge on any atom is -0.380 e. The first-order valence-corrected chi connectivity index (χ1v) is 6.16. The lowest BCUT2D eigenvalue weighted by atomic mass is 10.1. The minimum absolute atomic E-state index is 0. The fourth-order valence-electron chi connectivity index (χ4n) is 2.43. The van der Waals surface area contributed by atoms with E-state index in [1.807, 2.05) is 12.3 Å². The van der Waals surface area contributed by atoms with Gasteiger partial charge in [-0.15, -0.1) is 12.4 Å². The minimum atomic E-state index is 0. The van der Waals surface area contributed by atoms with Crippen molar-refractivity contribution in [2.75, 3.05) is 18.4 Å². The van der Waals surface area contributed by atoms with Crippen molar-refractivity contribution in [3.05, 3.63) is 36.0 Å². The highest BCUT2D eigenvalue weighted by molar-refractivity contribution is 5.93. The molecule has 18 heavy (non-hydrogen) atoms. The number of nitrogens with one attached hydrogen (secondary N) is 2. The summed E-state index contributed by atoms with van der Waals surface area (Å²) < 4.78 is 0. The summed E-state index contributed by atoms with van der Waals surface area (Å²) in [7, 11) is 0. The Hall–Kier alpha value is -1.32. The van der Waals surface area contributed by atoms with Crippen molar-refractivity contribution in [1.82, 2.24) is 10.3 Å². The summed E-state index contributed by atoms with van der Waals surface area (Å²) in [4.78, 5) is 4.40. The van der Waals surface area contributed by atoms with Gasteiger partial charge in [0.15, 0.2) is 0 Å². The Balaban J connectivity index is 0.00000120. The zero-order valence-electron chi connectivity index (χ0n) is 10.4. The number of rotatable bonds is 2. The molecule has 2 N–H and O–H groups in total. The Morgan fingerprint density at radius 1 is 1.33 bits per heavy atom. The molecule has 1 aliphatic heterocycles. The van der Waals surface area contributed by atoms with Crippen LogP contribution in [0.5, 0.6) is 0 Å². The summed E-state index contributed by atoms with van der Waals surface area (Å²) in [5.41, 5.74) is 3.59. The van der Waals surface area contributed by atoms with Crippen LogP contribution >= 0.6 is 12.4 Å². The Kier molecular flexibility index (Phi) is 4.04. The number of hydrogen-bond acceptors (Lipinski definition) is 3. The third-order valence-corrected chi connectivity index (χ3v) is 3.40. The number of pyridine rings is 1. The molecule has 3 nitrogen and oxygen atoms in total. The number of aryl methyl sites for hydroxylation is 1. The van der Waals surface area contributed by atoms with E-state index in [2.05, 4.69) is 40.7 Å². The van der Waals surface area contributed by atoms with Crippen LogP contribution in [0, 0.1) is 6.92 Å². The second kappa shape index (κ2) is 5.55. The van der Waals surface area contributed by atoms with Crippen LogP contribution in [0.1, 0.15) is 12.0 Å². The van der Waals surface area contributed by atoms with Crippen molar-refractivity contribution >= 4 is 29.0 Å². The van der Waals surface area contributed by atoms with E-state index in [0.29, 0.717) is 6.04 Å². The molecule has 1 fully saturated rings. The maximum Gasteiger partial charge on any atom is 0.0722 e. The van der Waals surface area contributed by atoms with Crippen LogP contribution in [0.3, 0.4) is 0 Å². The van der Waals surface area contributed by atoms with Gasteiger partial charge in [0, 0.05) is 29.9 Å². The molecule has 0 amide bonds. The lowest BCUT2D eigenvalue weighted by molar-refractivity contribution is 0.793. The van der Waals surface area contributed by atoms with Gasteiger partial charge in [0.1, 0.15) is 0 Å². The van der Waals surface area contributed by atoms with Crippen LogP contribution in [-0.4, -0.2) is 24.1 Å². The summed E-state index contributed by atoms with van der Waals surface area (Å²) in [6, 6.07) is 8.90. The fraction of sp³-hybridized carbons (Fsp3) is 0.357. The number of anilines is 1. The number of benzene rings is 1. The number of hydrogen-bond donors (Lipinski definition) is 2. The Bertz CT molecular complexity index is 536. The highest BCUT2D eigenvalue weighted by atomic mass is 35.5. The molecular formula is C14H18ClN3. The molecule has 1 atom stereocenters. The van der Waals surface area contributed by atoms with Crippen LogP contribution in [-0.2, 0) is 0 Å². The summed E-state index contributed by atoms with van der Waals surface area (Å²) in [5.74, 6) is 0. The predicted octanol–water partition coefficient (Wildman–Crippen LogP) is 2.74. The van der Waals surface area contributed by atoms with Crippen LogP contribution in [0.15, 0.2) is 30.5 Å². The summed E-state index contributed by atoms with van der Waals surface area (Å²) in [5, 5.41) is 8.25. The van der Waals surface area contributed by atoms with Gasteiger partial charge in [-0.05, 0) is 43.7 Å². The van der Waals surface area contributed by atoms with E-state index in [1.165, 1.54) is 23.1 Å². The first-order chi connectivity index (χ1) is 8.34. The average molecular weight is 264 g/mol. The molecule has 0 saturated carbocycles. The fourth-order valence-corrected chi connectivity index (χ4v) is 2.43. The predicted molar refractivity (Wildman–Crippen MR) is 78.6 cm³/mol. The van der Waals surface area contributed by atoms with Gasteiger partial charge >= 0.3 is 0 Å². The van der Waals surface area contributed by atoms with E-state index in [4.69, 9.17) is 0 Å². The summed E-state index contributed by atoms with van der Waals surface area (Å²) >= 11 is 0. The van der Waals surface area contributed by atoms with E-state index >= 15 is 0 Å². The number of fused-ring (bicyclic) bond motifs is 1. The van der Waals surface area contributed by atoms with Crippen molar-refractivity contribution in [3.8, 4) is 0 Å². The molecule has 2 aromatic rings. The van der Waals surface area contributed by atoms with Gasteiger partial charge in [-0.1, -0.05) is 6.07 Å². The average Bonchev–Trinajstić information content (AvgIpc) is 2.86. The van der Waals surface area contributed by atoms with Gasteiger partial charge < -0.3 is 10.6 Å². The molecule has 96 valence electrons. The second-order valence-electron chi connectivity index (χ2n) is 4.66. The summed E-state index contributed by atoms with van der Waals surface area (Å²) in [6.45, 7) is 4.31.